The first kappa shape index (κ1) is 13.2. The van der Waals surface area contributed by atoms with E-state index in [1.165, 1.54) is 0 Å². The van der Waals surface area contributed by atoms with Crippen LogP contribution in [0.4, 0.5) is 11.4 Å². The van der Waals surface area contributed by atoms with Crippen molar-refractivity contribution in [1.82, 2.24) is 10.2 Å². The predicted molar refractivity (Wildman–Crippen MR) is 86.5 cm³/mol. The van der Waals surface area contributed by atoms with Gasteiger partial charge in [-0.15, -0.1) is 0 Å². The molecule has 5 heteroatoms. The van der Waals surface area contributed by atoms with E-state index in [4.69, 9.17) is 5.73 Å². The first-order valence-electron chi connectivity index (χ1n) is 6.62. The molecule has 0 spiro atoms. The van der Waals surface area contributed by atoms with Gasteiger partial charge in [0.1, 0.15) is 0 Å². The third kappa shape index (κ3) is 2.23. The van der Waals surface area contributed by atoms with Gasteiger partial charge in [-0.3, -0.25) is 4.79 Å². The zero-order chi connectivity index (χ0) is 15.0. The van der Waals surface area contributed by atoms with Crippen LogP contribution in [-0.4, -0.2) is 24.3 Å². The van der Waals surface area contributed by atoms with E-state index in [1.807, 2.05) is 55.4 Å². The van der Waals surface area contributed by atoms with Gasteiger partial charge < -0.3 is 10.6 Å². The van der Waals surface area contributed by atoms with Gasteiger partial charge >= 0.3 is 0 Å². The number of hydrogen-bond acceptors (Lipinski definition) is 4. The Morgan fingerprint density at radius 2 is 1.81 bits per heavy atom. The first-order valence-corrected chi connectivity index (χ1v) is 6.62. The molecule has 0 amide bonds. The quantitative estimate of drug-likeness (QED) is 0.706. The van der Waals surface area contributed by atoms with Crippen molar-refractivity contribution in [3.63, 3.8) is 0 Å². The third-order valence-corrected chi connectivity index (χ3v) is 3.48. The molecule has 0 saturated heterocycles. The molecule has 3 N–H and O–H groups in total. The van der Waals surface area contributed by atoms with Crippen LogP contribution >= 0.6 is 0 Å². The minimum atomic E-state index is -0.188. The number of nitrogens with two attached hydrogens (primary N) is 1. The lowest BCUT2D eigenvalue weighted by molar-refractivity contribution is 1.02. The zero-order valence-electron chi connectivity index (χ0n) is 11.9. The third-order valence-electron chi connectivity index (χ3n) is 3.48. The van der Waals surface area contributed by atoms with Crippen LogP contribution in [0.25, 0.3) is 22.0 Å². The summed E-state index contributed by atoms with van der Waals surface area (Å²) in [5.41, 5.74) is 9.14. The van der Waals surface area contributed by atoms with Gasteiger partial charge in [0.2, 0.25) is 0 Å². The number of nitrogens with zero attached hydrogens (tertiary/aromatic N) is 2. The molecule has 1 aromatic heterocycles. The van der Waals surface area contributed by atoms with Crippen molar-refractivity contribution in [2.45, 2.75) is 0 Å². The molecule has 0 saturated carbocycles. The summed E-state index contributed by atoms with van der Waals surface area (Å²) in [4.78, 5) is 13.8. The summed E-state index contributed by atoms with van der Waals surface area (Å²) in [6.07, 6.45) is 0. The second kappa shape index (κ2) is 4.94. The average Bonchev–Trinajstić information content (AvgIpc) is 2.47. The van der Waals surface area contributed by atoms with E-state index in [-0.39, 0.29) is 5.56 Å². The van der Waals surface area contributed by atoms with Gasteiger partial charge in [-0.05, 0) is 18.2 Å². The number of H-pyrrole nitrogens is 1. The van der Waals surface area contributed by atoms with Crippen LogP contribution in [0.5, 0.6) is 0 Å². The topological polar surface area (TPSA) is 75.0 Å². The Kier molecular flexibility index (Phi) is 3.10. The van der Waals surface area contributed by atoms with Crippen LogP contribution in [0, 0.1) is 0 Å². The summed E-state index contributed by atoms with van der Waals surface area (Å²) in [6.45, 7) is 0. The van der Waals surface area contributed by atoms with E-state index in [1.54, 1.807) is 6.07 Å². The SMILES string of the molecule is CN(C)c1ccc(-c2n[nH]c(=O)c3ccccc23)cc1N. The van der Waals surface area contributed by atoms with Crippen LogP contribution < -0.4 is 16.2 Å². The number of rotatable bonds is 2. The predicted octanol–water partition coefficient (Wildman–Crippen LogP) is 2.24. The van der Waals surface area contributed by atoms with Crippen molar-refractivity contribution in [3.05, 3.63) is 52.8 Å². The molecule has 0 fully saturated rings. The summed E-state index contributed by atoms with van der Waals surface area (Å²) >= 11 is 0. The first-order chi connectivity index (χ1) is 10.1. The van der Waals surface area contributed by atoms with Crippen molar-refractivity contribution in [1.29, 1.82) is 0 Å². The Morgan fingerprint density at radius 1 is 1.10 bits per heavy atom. The van der Waals surface area contributed by atoms with Gasteiger partial charge in [0, 0.05) is 25.0 Å². The maximum atomic E-state index is 11.8. The van der Waals surface area contributed by atoms with E-state index < -0.39 is 0 Å². The minimum absolute atomic E-state index is 0.188. The average molecular weight is 280 g/mol. The maximum Gasteiger partial charge on any atom is 0.272 e. The second-order valence-electron chi connectivity index (χ2n) is 5.11. The molecule has 3 rings (SSSR count). The molecule has 0 radical (unpaired) electrons. The van der Waals surface area contributed by atoms with E-state index in [2.05, 4.69) is 10.2 Å². The summed E-state index contributed by atoms with van der Waals surface area (Å²) in [5, 5.41) is 8.17. The lowest BCUT2D eigenvalue weighted by Crippen LogP contribution is -2.11. The van der Waals surface area contributed by atoms with Crippen LogP contribution in [-0.2, 0) is 0 Å². The van der Waals surface area contributed by atoms with Gasteiger partial charge in [0.15, 0.2) is 0 Å². The summed E-state index contributed by atoms with van der Waals surface area (Å²) in [7, 11) is 3.89. The van der Waals surface area contributed by atoms with Gasteiger partial charge in [-0.25, -0.2) is 5.10 Å². The fourth-order valence-corrected chi connectivity index (χ4v) is 2.44. The van der Waals surface area contributed by atoms with E-state index in [0.717, 1.165) is 22.3 Å². The van der Waals surface area contributed by atoms with E-state index >= 15 is 0 Å². The van der Waals surface area contributed by atoms with Gasteiger partial charge in [0.05, 0.1) is 22.5 Å². The summed E-state index contributed by atoms with van der Waals surface area (Å²) in [5.74, 6) is 0. The molecule has 0 atom stereocenters. The van der Waals surface area contributed by atoms with Gasteiger partial charge in [0.25, 0.3) is 5.56 Å². The number of aromatic nitrogens is 2. The van der Waals surface area contributed by atoms with Crippen molar-refractivity contribution in [2.75, 3.05) is 24.7 Å². The molecule has 0 unspecified atom stereocenters. The fraction of sp³-hybridized carbons (Fsp3) is 0.125. The normalized spacial score (nSPS) is 10.8. The number of nitrogen functional groups attached to an aromatic ring is 1. The molecule has 0 aliphatic heterocycles. The smallest absolute Gasteiger partial charge is 0.272 e. The van der Waals surface area contributed by atoms with Crippen molar-refractivity contribution < 1.29 is 0 Å². The van der Waals surface area contributed by atoms with Crippen molar-refractivity contribution in [2.24, 2.45) is 0 Å². The Labute approximate surface area is 122 Å². The standard InChI is InChI=1S/C16H16N4O/c1-20(2)14-8-7-10(9-13(14)17)15-11-5-3-4-6-12(11)16(21)19-18-15/h3-9H,17H2,1-2H3,(H,19,21). The number of anilines is 2. The number of fused-ring (bicyclic) bond motifs is 1. The Morgan fingerprint density at radius 3 is 2.48 bits per heavy atom. The molecule has 3 aromatic rings. The summed E-state index contributed by atoms with van der Waals surface area (Å²) in [6, 6.07) is 13.2. The highest BCUT2D eigenvalue weighted by molar-refractivity contribution is 5.94. The molecule has 1 heterocycles. The Bertz CT molecular complexity index is 868. The molecule has 21 heavy (non-hydrogen) atoms. The highest BCUT2D eigenvalue weighted by atomic mass is 16.1. The fourth-order valence-electron chi connectivity index (χ4n) is 2.44. The van der Waals surface area contributed by atoms with Crippen molar-refractivity contribution in [3.8, 4) is 11.3 Å². The molecule has 106 valence electrons. The second-order valence-corrected chi connectivity index (χ2v) is 5.11. The molecule has 0 aliphatic carbocycles. The van der Waals surface area contributed by atoms with Gasteiger partial charge in [-0.2, -0.15) is 5.10 Å². The minimum Gasteiger partial charge on any atom is -0.397 e. The van der Waals surface area contributed by atoms with Crippen LogP contribution in [0.1, 0.15) is 0 Å². The highest BCUT2D eigenvalue weighted by Crippen LogP contribution is 2.30. The lowest BCUT2D eigenvalue weighted by Gasteiger charge is -2.16. The van der Waals surface area contributed by atoms with Crippen molar-refractivity contribution >= 4 is 22.1 Å². The van der Waals surface area contributed by atoms with E-state index in [9.17, 15) is 4.79 Å². The van der Waals surface area contributed by atoms with Crippen LogP contribution in [0.15, 0.2) is 47.3 Å². The number of hydrogen-bond donors (Lipinski definition) is 2. The molecule has 0 bridgehead atoms. The van der Waals surface area contributed by atoms with E-state index in [0.29, 0.717) is 11.1 Å². The van der Waals surface area contributed by atoms with Crippen LogP contribution in [0.2, 0.25) is 0 Å². The Balaban J connectivity index is 2.24. The molecule has 0 aliphatic rings. The Hall–Kier alpha value is -2.82. The molecule has 2 aromatic carbocycles. The zero-order valence-corrected chi connectivity index (χ0v) is 11.9. The largest absolute Gasteiger partial charge is 0.397 e. The molecule has 5 nitrogen and oxygen atoms in total. The van der Waals surface area contributed by atoms with Crippen LogP contribution in [0.3, 0.4) is 0 Å². The number of nitrogens with one attached hydrogen (secondary N) is 1. The highest BCUT2D eigenvalue weighted by Gasteiger charge is 2.10. The lowest BCUT2D eigenvalue weighted by atomic mass is 10.0. The summed E-state index contributed by atoms with van der Waals surface area (Å²) < 4.78 is 0. The number of benzene rings is 2. The monoisotopic (exact) mass is 280 g/mol. The molecular weight excluding hydrogens is 264 g/mol. The maximum absolute atomic E-state index is 11.8. The number of aromatic amines is 1. The van der Waals surface area contributed by atoms with Gasteiger partial charge in [-0.1, -0.05) is 24.3 Å². The molecular formula is C16H16N4O.